The lowest BCUT2D eigenvalue weighted by Crippen LogP contribution is -2.40. The molecule has 6 heteroatoms. The summed E-state index contributed by atoms with van der Waals surface area (Å²) in [5.74, 6) is -0.986. The van der Waals surface area contributed by atoms with Gasteiger partial charge in [-0.25, -0.2) is 4.79 Å². The number of hydrogen-bond acceptors (Lipinski definition) is 6. The first-order valence-corrected chi connectivity index (χ1v) is 3.43. The molecule has 1 heterocycles. The molecule has 0 aromatic rings. The van der Waals surface area contributed by atoms with Crippen LogP contribution in [0, 0.1) is 0 Å². The third-order valence-electron chi connectivity index (χ3n) is 1.72. The number of cyclic esters (lactones) is 1. The van der Waals surface area contributed by atoms with Gasteiger partial charge in [-0.15, -0.1) is 0 Å². The van der Waals surface area contributed by atoms with E-state index in [9.17, 15) is 4.79 Å². The lowest BCUT2D eigenvalue weighted by atomic mass is 10.1. The Bertz CT molecular complexity index is 181. The van der Waals surface area contributed by atoms with Crippen molar-refractivity contribution in [2.45, 2.75) is 24.4 Å². The molecule has 12 heavy (non-hydrogen) atoms. The molecule has 0 amide bonds. The first-order chi connectivity index (χ1) is 5.57. The van der Waals surface area contributed by atoms with Gasteiger partial charge in [-0.05, 0) is 0 Å². The maximum absolute atomic E-state index is 10.6. The maximum Gasteiger partial charge on any atom is 0.338 e. The molecule has 0 aromatic heterocycles. The van der Waals surface area contributed by atoms with Gasteiger partial charge in [-0.3, -0.25) is 0 Å². The van der Waals surface area contributed by atoms with Crippen molar-refractivity contribution in [3.8, 4) is 0 Å². The number of ether oxygens (including phenoxy) is 1. The molecule has 1 rings (SSSR count). The van der Waals surface area contributed by atoms with Crippen LogP contribution in [-0.4, -0.2) is 57.4 Å². The van der Waals surface area contributed by atoms with Gasteiger partial charge in [0.2, 0.25) is 0 Å². The minimum atomic E-state index is -1.63. The van der Waals surface area contributed by atoms with Gasteiger partial charge in [0.1, 0.15) is 12.2 Å². The van der Waals surface area contributed by atoms with Crippen LogP contribution in [0.15, 0.2) is 0 Å². The second kappa shape index (κ2) is 3.36. The Morgan fingerprint density at radius 2 is 2.08 bits per heavy atom. The fourth-order valence-electron chi connectivity index (χ4n) is 1.00. The summed E-state index contributed by atoms with van der Waals surface area (Å²) in [6.45, 7) is -0.637. The van der Waals surface area contributed by atoms with Crippen LogP contribution in [0.25, 0.3) is 0 Å². The summed E-state index contributed by atoms with van der Waals surface area (Å²) in [6, 6.07) is 0. The molecule has 70 valence electrons. The van der Waals surface area contributed by atoms with E-state index in [0.717, 1.165) is 0 Å². The van der Waals surface area contributed by atoms with E-state index in [0.29, 0.717) is 0 Å². The predicted octanol–water partition coefficient (Wildman–Crippen LogP) is -3.01. The molecule has 0 bridgehead atoms. The maximum atomic E-state index is 10.6. The molecule has 0 saturated carbocycles. The highest BCUT2D eigenvalue weighted by atomic mass is 16.6. The lowest BCUT2D eigenvalue weighted by molar-refractivity contribution is -0.151. The Labute approximate surface area is 68.0 Å². The minimum Gasteiger partial charge on any atom is -0.455 e. The zero-order valence-electron chi connectivity index (χ0n) is 6.12. The summed E-state index contributed by atoms with van der Waals surface area (Å²) in [7, 11) is 0. The van der Waals surface area contributed by atoms with E-state index in [4.69, 9.17) is 20.4 Å². The average molecular weight is 178 g/mol. The lowest BCUT2D eigenvalue weighted by Gasteiger charge is -2.17. The first kappa shape index (κ1) is 9.40. The summed E-state index contributed by atoms with van der Waals surface area (Å²) < 4.78 is 4.39. The van der Waals surface area contributed by atoms with Gasteiger partial charge in [0.25, 0.3) is 0 Å². The van der Waals surface area contributed by atoms with Crippen LogP contribution < -0.4 is 0 Å². The summed E-state index contributed by atoms with van der Waals surface area (Å²) in [6.07, 6.45) is -5.70. The van der Waals surface area contributed by atoms with Crippen LogP contribution >= 0.6 is 0 Å². The van der Waals surface area contributed by atoms with Gasteiger partial charge in [0, 0.05) is 0 Å². The highest BCUT2D eigenvalue weighted by Crippen LogP contribution is 2.18. The third-order valence-corrected chi connectivity index (χ3v) is 1.72. The van der Waals surface area contributed by atoms with Gasteiger partial charge >= 0.3 is 5.97 Å². The highest BCUT2D eigenvalue weighted by molar-refractivity contribution is 5.77. The van der Waals surface area contributed by atoms with Crippen LogP contribution in [0.4, 0.5) is 0 Å². The van der Waals surface area contributed by atoms with E-state index >= 15 is 0 Å². The SMILES string of the molecule is O=C1O[C@H](C(O)CO)[C@@H](O)C1O. The molecule has 4 N–H and O–H groups in total. The average Bonchev–Trinajstić information content (AvgIpc) is 2.32. The Balaban J connectivity index is 2.64. The molecule has 1 saturated heterocycles. The van der Waals surface area contributed by atoms with E-state index in [1.807, 2.05) is 0 Å². The van der Waals surface area contributed by atoms with Crippen molar-refractivity contribution >= 4 is 5.97 Å². The topological polar surface area (TPSA) is 107 Å². The quantitative estimate of drug-likeness (QED) is 0.335. The van der Waals surface area contributed by atoms with Gasteiger partial charge in [0.05, 0.1) is 6.61 Å². The Morgan fingerprint density at radius 3 is 2.42 bits per heavy atom. The smallest absolute Gasteiger partial charge is 0.338 e. The molecule has 1 fully saturated rings. The Morgan fingerprint density at radius 1 is 1.50 bits per heavy atom. The first-order valence-electron chi connectivity index (χ1n) is 3.43. The number of aliphatic hydroxyl groups is 4. The van der Waals surface area contributed by atoms with E-state index in [1.54, 1.807) is 0 Å². The van der Waals surface area contributed by atoms with Gasteiger partial charge in [-0.1, -0.05) is 0 Å². The molecule has 6 nitrogen and oxygen atoms in total. The van der Waals surface area contributed by atoms with Crippen molar-refractivity contribution in [3.63, 3.8) is 0 Å². The van der Waals surface area contributed by atoms with Gasteiger partial charge in [-0.2, -0.15) is 0 Å². The molecule has 0 aliphatic carbocycles. The molecular formula is C6H10O6. The third kappa shape index (κ3) is 1.42. The molecule has 0 radical (unpaired) electrons. The largest absolute Gasteiger partial charge is 0.455 e. The monoisotopic (exact) mass is 178 g/mol. The zero-order chi connectivity index (χ0) is 9.30. The molecular weight excluding hydrogens is 168 g/mol. The molecule has 1 aliphatic rings. The van der Waals surface area contributed by atoms with Gasteiger partial charge in [0.15, 0.2) is 12.2 Å². The van der Waals surface area contributed by atoms with Crippen LogP contribution in [-0.2, 0) is 9.53 Å². The second-order valence-corrected chi connectivity index (χ2v) is 2.59. The fraction of sp³-hybridized carbons (Fsp3) is 0.833. The van der Waals surface area contributed by atoms with Crippen molar-refractivity contribution in [3.05, 3.63) is 0 Å². The number of esters is 1. The number of rotatable bonds is 2. The normalized spacial score (nSPS) is 38.0. The van der Waals surface area contributed by atoms with Crippen LogP contribution in [0.1, 0.15) is 0 Å². The van der Waals surface area contributed by atoms with E-state index in [2.05, 4.69) is 4.74 Å². The van der Waals surface area contributed by atoms with Crippen LogP contribution in [0.2, 0.25) is 0 Å². The van der Waals surface area contributed by atoms with Crippen molar-refractivity contribution in [1.82, 2.24) is 0 Å². The molecule has 0 aromatic carbocycles. The number of carbonyl (C=O) groups is 1. The zero-order valence-corrected chi connectivity index (χ0v) is 6.12. The number of hydrogen-bond donors (Lipinski definition) is 4. The standard InChI is InChI=1S/C6H10O6/c7-1-2(8)5-3(9)4(10)6(11)12-5/h2-5,7-10H,1H2/t2?,3-,4?,5+/m0/s1. The Hall–Kier alpha value is -0.690. The summed E-state index contributed by atoms with van der Waals surface area (Å²) in [4.78, 5) is 10.6. The highest BCUT2D eigenvalue weighted by Gasteiger charge is 2.45. The fourth-order valence-corrected chi connectivity index (χ4v) is 1.00. The van der Waals surface area contributed by atoms with E-state index in [1.165, 1.54) is 0 Å². The predicted molar refractivity (Wildman–Crippen MR) is 35.0 cm³/mol. The molecule has 0 spiro atoms. The van der Waals surface area contributed by atoms with Crippen molar-refractivity contribution in [2.75, 3.05) is 6.61 Å². The molecule has 1 aliphatic heterocycles. The second-order valence-electron chi connectivity index (χ2n) is 2.59. The van der Waals surface area contributed by atoms with Crippen LogP contribution in [0.5, 0.6) is 0 Å². The number of aliphatic hydroxyl groups excluding tert-OH is 4. The summed E-state index contributed by atoms with van der Waals surface area (Å²) >= 11 is 0. The van der Waals surface area contributed by atoms with E-state index in [-0.39, 0.29) is 0 Å². The van der Waals surface area contributed by atoms with E-state index < -0.39 is 37.0 Å². The minimum absolute atomic E-state index is 0.637. The van der Waals surface area contributed by atoms with Crippen molar-refractivity contribution in [2.24, 2.45) is 0 Å². The van der Waals surface area contributed by atoms with Crippen LogP contribution in [0.3, 0.4) is 0 Å². The molecule has 2 unspecified atom stereocenters. The van der Waals surface area contributed by atoms with Crippen molar-refractivity contribution < 1.29 is 30.0 Å². The van der Waals surface area contributed by atoms with Gasteiger partial charge < -0.3 is 25.2 Å². The summed E-state index contributed by atoms with van der Waals surface area (Å²) in [5.41, 5.74) is 0. The Kier molecular flexibility index (Phi) is 2.63. The van der Waals surface area contributed by atoms with Crippen molar-refractivity contribution in [1.29, 1.82) is 0 Å². The summed E-state index contributed by atoms with van der Waals surface area (Å²) in [5, 5.41) is 35.3. The molecule has 4 atom stereocenters. The number of carbonyl (C=O) groups excluding carboxylic acids is 1.